The zero-order valence-electron chi connectivity index (χ0n) is 14.4. The maximum atomic E-state index is 12.5. The molecule has 1 aromatic rings. The van der Waals surface area contributed by atoms with Crippen molar-refractivity contribution in [3.05, 3.63) is 16.0 Å². The van der Waals surface area contributed by atoms with Gasteiger partial charge in [-0.3, -0.25) is 9.59 Å². The number of likely N-dealkylation sites (N-methyl/N-ethyl adjacent to an activating group) is 1. The van der Waals surface area contributed by atoms with Crippen molar-refractivity contribution >= 4 is 34.1 Å². The van der Waals surface area contributed by atoms with E-state index in [0.29, 0.717) is 23.7 Å². The lowest BCUT2D eigenvalue weighted by Gasteiger charge is -2.18. The van der Waals surface area contributed by atoms with E-state index in [9.17, 15) is 14.4 Å². The highest BCUT2D eigenvalue weighted by Crippen LogP contribution is 2.38. The quantitative estimate of drug-likeness (QED) is 0.799. The summed E-state index contributed by atoms with van der Waals surface area (Å²) in [4.78, 5) is 38.7. The van der Waals surface area contributed by atoms with Crippen molar-refractivity contribution < 1.29 is 19.1 Å². The van der Waals surface area contributed by atoms with Crippen molar-refractivity contribution in [2.45, 2.75) is 46.5 Å². The van der Waals surface area contributed by atoms with Gasteiger partial charge in [-0.25, -0.2) is 4.79 Å². The predicted octanol–water partition coefficient (Wildman–Crippen LogP) is 2.61. The third-order valence-corrected chi connectivity index (χ3v) is 5.32. The summed E-state index contributed by atoms with van der Waals surface area (Å²) < 4.78 is 5.25. The Morgan fingerprint density at radius 3 is 2.46 bits per heavy atom. The summed E-state index contributed by atoms with van der Waals surface area (Å²) in [6, 6.07) is 0. The van der Waals surface area contributed by atoms with Crippen LogP contribution in [0.25, 0.3) is 0 Å². The minimum atomic E-state index is -0.529. The van der Waals surface area contributed by atoms with Gasteiger partial charge in [0, 0.05) is 24.9 Å². The van der Waals surface area contributed by atoms with Crippen molar-refractivity contribution in [1.29, 1.82) is 0 Å². The fraction of sp³-hybridized carbons (Fsp3) is 0.588. The van der Waals surface area contributed by atoms with Crippen LogP contribution in [0.5, 0.6) is 0 Å². The maximum absolute atomic E-state index is 12.5. The van der Waals surface area contributed by atoms with Gasteiger partial charge in [-0.2, -0.15) is 0 Å². The van der Waals surface area contributed by atoms with E-state index < -0.39 is 5.97 Å². The van der Waals surface area contributed by atoms with E-state index in [-0.39, 0.29) is 18.4 Å². The Morgan fingerprint density at radius 1 is 1.17 bits per heavy atom. The third kappa shape index (κ3) is 4.14. The average Bonchev–Trinajstić information content (AvgIpc) is 2.90. The zero-order valence-corrected chi connectivity index (χ0v) is 15.3. The summed E-state index contributed by atoms with van der Waals surface area (Å²) in [6.45, 7) is 6.07. The second-order valence-electron chi connectivity index (χ2n) is 5.74. The number of amides is 2. The number of nitrogens with one attached hydrogen (secondary N) is 1. The molecule has 0 radical (unpaired) electrons. The molecule has 6 nitrogen and oxygen atoms in total. The van der Waals surface area contributed by atoms with Crippen LogP contribution in [0.3, 0.4) is 0 Å². The molecule has 0 saturated heterocycles. The van der Waals surface area contributed by atoms with E-state index in [2.05, 4.69) is 5.32 Å². The molecule has 1 aliphatic carbocycles. The molecule has 0 bridgehead atoms. The van der Waals surface area contributed by atoms with Gasteiger partial charge < -0.3 is 15.0 Å². The van der Waals surface area contributed by atoms with E-state index in [1.165, 1.54) is 18.3 Å². The average molecular weight is 352 g/mol. The number of thiophene rings is 1. The Labute approximate surface area is 146 Å². The van der Waals surface area contributed by atoms with Gasteiger partial charge in [-0.05, 0) is 45.1 Å². The predicted molar refractivity (Wildman–Crippen MR) is 93.5 cm³/mol. The number of esters is 1. The fourth-order valence-corrected chi connectivity index (χ4v) is 4.22. The number of fused-ring (bicyclic) bond motifs is 1. The lowest BCUT2D eigenvalue weighted by molar-refractivity contribution is -0.134. The SMILES string of the molecule is CCN(CC)C(=O)COC(=O)c1c(NC(C)=O)sc2c1CCCC2. The highest BCUT2D eigenvalue weighted by atomic mass is 32.1. The van der Waals surface area contributed by atoms with Crippen molar-refractivity contribution in [3.8, 4) is 0 Å². The Balaban J connectivity index is 2.17. The first kappa shape index (κ1) is 18.4. The molecule has 0 spiro atoms. The Bertz CT molecular complexity index is 635. The van der Waals surface area contributed by atoms with E-state index in [1.54, 1.807) is 4.90 Å². The van der Waals surface area contributed by atoms with Gasteiger partial charge in [-0.15, -0.1) is 11.3 Å². The van der Waals surface area contributed by atoms with Crippen molar-refractivity contribution in [2.24, 2.45) is 0 Å². The molecule has 0 fully saturated rings. The molecule has 0 unspecified atom stereocenters. The normalized spacial score (nSPS) is 13.1. The molecule has 0 saturated carbocycles. The van der Waals surface area contributed by atoms with Gasteiger partial charge in [0.25, 0.3) is 5.91 Å². The lowest BCUT2D eigenvalue weighted by Crippen LogP contribution is -2.34. The largest absolute Gasteiger partial charge is 0.452 e. The number of carbonyl (C=O) groups is 3. The Hall–Kier alpha value is -1.89. The minimum absolute atomic E-state index is 0.210. The van der Waals surface area contributed by atoms with Crippen molar-refractivity contribution in [2.75, 3.05) is 25.0 Å². The van der Waals surface area contributed by atoms with E-state index >= 15 is 0 Å². The first-order valence-electron chi connectivity index (χ1n) is 8.34. The van der Waals surface area contributed by atoms with E-state index in [1.807, 2.05) is 13.8 Å². The van der Waals surface area contributed by atoms with Crippen molar-refractivity contribution in [1.82, 2.24) is 4.90 Å². The first-order valence-corrected chi connectivity index (χ1v) is 9.16. The summed E-state index contributed by atoms with van der Waals surface area (Å²) in [5, 5.41) is 3.26. The highest BCUT2D eigenvalue weighted by Gasteiger charge is 2.27. The van der Waals surface area contributed by atoms with E-state index in [4.69, 9.17) is 4.74 Å². The van der Waals surface area contributed by atoms with Gasteiger partial charge in [0.05, 0.1) is 5.56 Å². The van der Waals surface area contributed by atoms with Crippen LogP contribution < -0.4 is 5.32 Å². The molecular formula is C17H24N2O4S. The van der Waals surface area contributed by atoms with Crippen LogP contribution in [0.1, 0.15) is 54.4 Å². The van der Waals surface area contributed by atoms with Gasteiger partial charge in [-0.1, -0.05) is 0 Å². The van der Waals surface area contributed by atoms with Crippen LogP contribution in [-0.4, -0.2) is 42.4 Å². The molecule has 0 aromatic carbocycles. The molecule has 0 aliphatic heterocycles. The highest BCUT2D eigenvalue weighted by molar-refractivity contribution is 7.17. The molecule has 1 aromatic heterocycles. The number of anilines is 1. The van der Waals surface area contributed by atoms with Gasteiger partial charge >= 0.3 is 5.97 Å². The first-order chi connectivity index (χ1) is 11.5. The van der Waals surface area contributed by atoms with Crippen LogP contribution in [0, 0.1) is 0 Å². The molecular weight excluding hydrogens is 328 g/mol. The van der Waals surface area contributed by atoms with Gasteiger partial charge in [0.2, 0.25) is 5.91 Å². The standard InChI is InChI=1S/C17H24N2O4S/c1-4-19(5-2)14(21)10-23-17(22)15-12-8-6-7-9-13(12)24-16(15)18-11(3)20/h4-10H2,1-3H3,(H,18,20). The zero-order chi connectivity index (χ0) is 17.7. The number of hydrogen-bond acceptors (Lipinski definition) is 5. The Kier molecular flexibility index (Phi) is 6.36. The number of rotatable bonds is 6. The smallest absolute Gasteiger partial charge is 0.341 e. The summed E-state index contributed by atoms with van der Waals surface area (Å²) in [7, 11) is 0. The maximum Gasteiger partial charge on any atom is 0.341 e. The molecule has 1 aliphatic rings. The molecule has 132 valence electrons. The third-order valence-electron chi connectivity index (χ3n) is 4.11. The second-order valence-corrected chi connectivity index (χ2v) is 6.84. The number of carbonyl (C=O) groups excluding carboxylic acids is 3. The molecule has 7 heteroatoms. The van der Waals surface area contributed by atoms with Crippen LogP contribution in [-0.2, 0) is 27.2 Å². The van der Waals surface area contributed by atoms with E-state index in [0.717, 1.165) is 36.1 Å². The molecule has 0 atom stereocenters. The minimum Gasteiger partial charge on any atom is -0.452 e. The molecule has 1 heterocycles. The number of aryl methyl sites for hydroxylation is 1. The van der Waals surface area contributed by atoms with Crippen LogP contribution in [0.15, 0.2) is 0 Å². The van der Waals surface area contributed by atoms with Crippen LogP contribution >= 0.6 is 11.3 Å². The summed E-state index contributed by atoms with van der Waals surface area (Å²) in [5.41, 5.74) is 1.40. The summed E-state index contributed by atoms with van der Waals surface area (Å²) >= 11 is 1.44. The molecule has 1 N–H and O–H groups in total. The molecule has 24 heavy (non-hydrogen) atoms. The number of hydrogen-bond donors (Lipinski definition) is 1. The lowest BCUT2D eigenvalue weighted by atomic mass is 9.95. The Morgan fingerprint density at radius 2 is 1.83 bits per heavy atom. The van der Waals surface area contributed by atoms with Crippen LogP contribution in [0.4, 0.5) is 5.00 Å². The molecule has 2 amide bonds. The van der Waals surface area contributed by atoms with Crippen LogP contribution in [0.2, 0.25) is 0 Å². The summed E-state index contributed by atoms with van der Waals surface area (Å²) in [5.74, 6) is -0.959. The van der Waals surface area contributed by atoms with Gasteiger partial charge in [0.15, 0.2) is 6.61 Å². The van der Waals surface area contributed by atoms with Crippen molar-refractivity contribution in [3.63, 3.8) is 0 Å². The topological polar surface area (TPSA) is 75.7 Å². The number of ether oxygens (including phenoxy) is 1. The van der Waals surface area contributed by atoms with Gasteiger partial charge in [0.1, 0.15) is 5.00 Å². The summed E-state index contributed by atoms with van der Waals surface area (Å²) in [6.07, 6.45) is 3.82. The second kappa shape index (κ2) is 8.28. The molecule has 2 rings (SSSR count). The monoisotopic (exact) mass is 352 g/mol. The fourth-order valence-electron chi connectivity index (χ4n) is 2.90. The number of nitrogens with zero attached hydrogens (tertiary/aromatic N) is 1.